The Morgan fingerprint density at radius 3 is 2.71 bits per heavy atom. The molecule has 1 aromatic carbocycles. The third-order valence-electron chi connectivity index (χ3n) is 5.09. The summed E-state index contributed by atoms with van der Waals surface area (Å²) in [5, 5.41) is 3.50. The maximum Gasteiger partial charge on any atom is 0.238 e. The Morgan fingerprint density at radius 2 is 2.00 bits per heavy atom. The highest BCUT2D eigenvalue weighted by Crippen LogP contribution is 2.39. The monoisotopic (exact) mass is 425 g/mol. The Hall–Kier alpha value is -1.25. The fraction of sp³-hybridized carbons (Fsp3) is 0.600. The molecule has 8 heteroatoms. The van der Waals surface area contributed by atoms with Crippen molar-refractivity contribution in [3.05, 3.63) is 30.1 Å². The molecule has 0 bridgehead atoms. The van der Waals surface area contributed by atoms with Crippen LogP contribution in [0.5, 0.6) is 0 Å². The number of unbranched alkanes of at least 4 members (excludes halogenated alkanes) is 1. The predicted molar refractivity (Wildman–Crippen MR) is 115 cm³/mol. The van der Waals surface area contributed by atoms with Gasteiger partial charge in [-0.1, -0.05) is 34.1 Å². The molecule has 0 aliphatic carbocycles. The Bertz CT molecular complexity index is 663. The lowest BCUT2D eigenvalue weighted by Gasteiger charge is -2.34. The molecule has 0 saturated carbocycles. The lowest BCUT2D eigenvalue weighted by Crippen LogP contribution is -2.50. The molecular weight excluding hydrogens is 397 g/mol. The van der Waals surface area contributed by atoms with E-state index >= 15 is 0 Å². The molecule has 2 heterocycles. The van der Waals surface area contributed by atoms with E-state index in [1.807, 2.05) is 31.4 Å². The largest absolute Gasteiger partial charge is 0.340 e. The van der Waals surface area contributed by atoms with Crippen molar-refractivity contribution in [3.63, 3.8) is 0 Å². The minimum absolute atomic E-state index is 0.159. The van der Waals surface area contributed by atoms with Crippen molar-refractivity contribution in [2.75, 3.05) is 43.8 Å². The number of rotatable bonds is 8. The average molecular weight is 426 g/mol. The molecule has 2 aliphatic rings. The molecule has 2 aliphatic heterocycles. The van der Waals surface area contributed by atoms with E-state index in [1.54, 1.807) is 12.1 Å². The van der Waals surface area contributed by atoms with Gasteiger partial charge >= 0.3 is 0 Å². The number of hydrogen-bond donors (Lipinski definition) is 1. The van der Waals surface area contributed by atoms with Crippen LogP contribution in [0.25, 0.3) is 0 Å². The van der Waals surface area contributed by atoms with E-state index in [2.05, 4.69) is 5.32 Å². The Labute approximate surface area is 174 Å². The van der Waals surface area contributed by atoms with Crippen LogP contribution in [0.1, 0.15) is 32.1 Å². The van der Waals surface area contributed by atoms with E-state index in [0.717, 1.165) is 18.1 Å². The van der Waals surface area contributed by atoms with Crippen LogP contribution in [0.2, 0.25) is 0 Å². The standard InChI is InChI=1S/C20H28FN3O2S2/c21-16-4-3-5-17(14-16)22-19(25)15-23-9-11-24(12-10-23)20(26)7-2-1-6-18-8-13-27-28-18/h3-5,14,18H,1-2,6-13,15H2,(H,22,25)/t18-/m1/s1. The molecule has 2 fully saturated rings. The highest BCUT2D eigenvalue weighted by atomic mass is 33.1. The van der Waals surface area contributed by atoms with Crippen LogP contribution in [0, 0.1) is 5.82 Å². The molecule has 3 rings (SSSR count). The maximum absolute atomic E-state index is 13.2. The minimum Gasteiger partial charge on any atom is -0.340 e. The summed E-state index contributed by atoms with van der Waals surface area (Å²) < 4.78 is 13.2. The summed E-state index contributed by atoms with van der Waals surface area (Å²) in [5.74, 6) is 0.968. The maximum atomic E-state index is 13.2. The van der Waals surface area contributed by atoms with Crippen LogP contribution < -0.4 is 5.32 Å². The van der Waals surface area contributed by atoms with Crippen molar-refractivity contribution >= 4 is 39.1 Å². The first-order valence-corrected chi connectivity index (χ1v) is 12.3. The van der Waals surface area contributed by atoms with Gasteiger partial charge in [-0.3, -0.25) is 14.5 Å². The number of nitrogens with zero attached hydrogens (tertiary/aromatic N) is 2. The van der Waals surface area contributed by atoms with Crippen molar-refractivity contribution in [2.45, 2.75) is 37.4 Å². The first-order chi connectivity index (χ1) is 13.6. The third kappa shape index (κ3) is 6.97. The number of halogens is 1. The minimum atomic E-state index is -0.370. The first-order valence-electron chi connectivity index (χ1n) is 9.94. The van der Waals surface area contributed by atoms with E-state index in [9.17, 15) is 14.0 Å². The topological polar surface area (TPSA) is 52.7 Å². The van der Waals surface area contributed by atoms with Gasteiger partial charge in [-0.15, -0.1) is 0 Å². The van der Waals surface area contributed by atoms with Gasteiger partial charge in [0.1, 0.15) is 5.82 Å². The Morgan fingerprint density at radius 1 is 1.18 bits per heavy atom. The van der Waals surface area contributed by atoms with Crippen LogP contribution >= 0.6 is 21.6 Å². The zero-order valence-corrected chi connectivity index (χ0v) is 17.7. The molecule has 2 amide bonds. The fourth-order valence-electron chi connectivity index (χ4n) is 3.50. The molecule has 2 saturated heterocycles. The van der Waals surface area contributed by atoms with Gasteiger partial charge in [-0.2, -0.15) is 0 Å². The summed E-state index contributed by atoms with van der Waals surface area (Å²) in [6.07, 6.45) is 5.25. The molecule has 28 heavy (non-hydrogen) atoms. The predicted octanol–water partition coefficient (Wildman–Crippen LogP) is 3.62. The second-order valence-electron chi connectivity index (χ2n) is 7.29. The van der Waals surface area contributed by atoms with E-state index in [0.29, 0.717) is 38.3 Å². The summed E-state index contributed by atoms with van der Waals surface area (Å²) in [6, 6.07) is 5.89. The molecule has 0 unspecified atom stereocenters. The number of carbonyl (C=O) groups is 2. The number of carbonyl (C=O) groups excluding carboxylic acids is 2. The van der Waals surface area contributed by atoms with Crippen molar-refractivity contribution in [3.8, 4) is 0 Å². The molecular formula is C20H28FN3O2S2. The van der Waals surface area contributed by atoms with Gasteiger partial charge in [0.05, 0.1) is 6.54 Å². The van der Waals surface area contributed by atoms with Crippen LogP contribution in [-0.4, -0.2) is 65.3 Å². The lowest BCUT2D eigenvalue weighted by atomic mass is 10.1. The van der Waals surface area contributed by atoms with Crippen molar-refractivity contribution < 1.29 is 14.0 Å². The summed E-state index contributed by atoms with van der Waals surface area (Å²) in [4.78, 5) is 28.5. The van der Waals surface area contributed by atoms with Crippen LogP contribution in [0.15, 0.2) is 24.3 Å². The molecule has 154 valence electrons. The van der Waals surface area contributed by atoms with Gasteiger partial charge in [0, 0.05) is 49.3 Å². The smallest absolute Gasteiger partial charge is 0.238 e. The summed E-state index contributed by atoms with van der Waals surface area (Å²) in [5.41, 5.74) is 0.466. The summed E-state index contributed by atoms with van der Waals surface area (Å²) in [6.45, 7) is 2.98. The number of amides is 2. The highest BCUT2D eigenvalue weighted by Gasteiger charge is 2.22. The van der Waals surface area contributed by atoms with Crippen LogP contribution in [0.4, 0.5) is 10.1 Å². The summed E-state index contributed by atoms with van der Waals surface area (Å²) >= 11 is 0. The van der Waals surface area contributed by atoms with Crippen molar-refractivity contribution in [2.24, 2.45) is 0 Å². The first kappa shape index (κ1) is 21.5. The zero-order valence-electron chi connectivity index (χ0n) is 16.1. The number of anilines is 1. The molecule has 0 spiro atoms. The van der Waals surface area contributed by atoms with Gasteiger partial charge in [0.2, 0.25) is 11.8 Å². The number of hydrogen-bond acceptors (Lipinski definition) is 5. The number of benzene rings is 1. The van der Waals surface area contributed by atoms with E-state index in [1.165, 1.54) is 30.7 Å². The van der Waals surface area contributed by atoms with Gasteiger partial charge < -0.3 is 10.2 Å². The molecule has 0 aromatic heterocycles. The van der Waals surface area contributed by atoms with Crippen LogP contribution in [-0.2, 0) is 9.59 Å². The third-order valence-corrected chi connectivity index (χ3v) is 8.10. The fourth-order valence-corrected chi connectivity index (χ4v) is 6.52. The Balaban J connectivity index is 1.30. The second kappa shape index (κ2) is 11.1. The van der Waals surface area contributed by atoms with Gasteiger partial charge in [0.15, 0.2) is 0 Å². The number of nitrogens with one attached hydrogen (secondary N) is 1. The van der Waals surface area contributed by atoms with Gasteiger partial charge in [-0.25, -0.2) is 4.39 Å². The molecule has 1 N–H and O–H groups in total. The quantitative estimate of drug-likeness (QED) is 0.509. The van der Waals surface area contributed by atoms with Crippen LogP contribution in [0.3, 0.4) is 0 Å². The van der Waals surface area contributed by atoms with Gasteiger partial charge in [-0.05, 0) is 37.5 Å². The molecule has 1 aromatic rings. The molecule has 0 radical (unpaired) electrons. The van der Waals surface area contributed by atoms with E-state index in [-0.39, 0.29) is 24.2 Å². The lowest BCUT2D eigenvalue weighted by molar-refractivity contribution is -0.133. The normalized spacial score (nSPS) is 20.3. The average Bonchev–Trinajstić information content (AvgIpc) is 3.19. The zero-order chi connectivity index (χ0) is 19.8. The summed E-state index contributed by atoms with van der Waals surface area (Å²) in [7, 11) is 3.97. The SMILES string of the molecule is O=C(CN1CCN(C(=O)CCCC[C@@H]2CCSS2)CC1)Nc1cccc(F)c1. The van der Waals surface area contributed by atoms with Crippen molar-refractivity contribution in [1.82, 2.24) is 9.80 Å². The molecule has 5 nitrogen and oxygen atoms in total. The van der Waals surface area contributed by atoms with Gasteiger partial charge in [0.25, 0.3) is 0 Å². The highest BCUT2D eigenvalue weighted by molar-refractivity contribution is 8.77. The van der Waals surface area contributed by atoms with E-state index in [4.69, 9.17) is 0 Å². The van der Waals surface area contributed by atoms with Crippen molar-refractivity contribution in [1.29, 1.82) is 0 Å². The number of piperazine rings is 1. The molecule has 1 atom stereocenters. The second-order valence-corrected chi connectivity index (χ2v) is 10.1. The van der Waals surface area contributed by atoms with E-state index < -0.39 is 0 Å². The Kier molecular flexibility index (Phi) is 8.48.